The van der Waals surface area contributed by atoms with Gasteiger partial charge in [0.05, 0.1) is 7.11 Å². The molecule has 7 heteroatoms. The molecular weight excluding hydrogens is 374 g/mol. The van der Waals surface area contributed by atoms with E-state index < -0.39 is 18.7 Å². The van der Waals surface area contributed by atoms with Crippen LogP contribution in [-0.2, 0) is 20.9 Å². The summed E-state index contributed by atoms with van der Waals surface area (Å²) >= 11 is 0. The summed E-state index contributed by atoms with van der Waals surface area (Å²) < 4.78 is 15.8. The first-order chi connectivity index (χ1) is 13.8. The minimum atomic E-state index is -0.943. The Labute approximate surface area is 170 Å². The lowest BCUT2D eigenvalue weighted by molar-refractivity contribution is -0.160. The number of rotatable bonds is 9. The van der Waals surface area contributed by atoms with Crippen LogP contribution in [0.1, 0.15) is 29.8 Å². The Bertz CT molecular complexity index is 865. The molecule has 0 saturated carbocycles. The van der Waals surface area contributed by atoms with Gasteiger partial charge < -0.3 is 19.1 Å². The topological polar surface area (TPSA) is 82.1 Å². The molecule has 0 N–H and O–H groups in total. The number of hydrogen-bond donors (Lipinski definition) is 0. The van der Waals surface area contributed by atoms with E-state index in [4.69, 9.17) is 14.2 Å². The summed E-state index contributed by atoms with van der Waals surface area (Å²) in [6.45, 7) is 2.98. The number of carbonyl (C=O) groups excluding carboxylic acids is 3. The molecule has 0 aliphatic carbocycles. The van der Waals surface area contributed by atoms with E-state index >= 15 is 0 Å². The molecule has 0 saturated heterocycles. The van der Waals surface area contributed by atoms with Gasteiger partial charge >= 0.3 is 5.97 Å². The number of amides is 1. The van der Waals surface area contributed by atoms with E-state index in [1.165, 1.54) is 31.9 Å². The number of methoxy groups -OCH3 is 1. The summed E-state index contributed by atoms with van der Waals surface area (Å²) in [5.41, 5.74) is 1.45. The van der Waals surface area contributed by atoms with Crippen LogP contribution in [0.15, 0.2) is 48.5 Å². The van der Waals surface area contributed by atoms with Crippen molar-refractivity contribution in [3.05, 3.63) is 59.7 Å². The summed E-state index contributed by atoms with van der Waals surface area (Å²) in [6, 6.07) is 14.2. The highest BCUT2D eigenvalue weighted by Gasteiger charge is 2.22. The van der Waals surface area contributed by atoms with Crippen LogP contribution >= 0.6 is 0 Å². The molecule has 7 nitrogen and oxygen atoms in total. The van der Waals surface area contributed by atoms with Crippen molar-refractivity contribution in [1.29, 1.82) is 0 Å². The third kappa shape index (κ3) is 6.34. The van der Waals surface area contributed by atoms with Gasteiger partial charge in [0, 0.05) is 19.2 Å². The standard InChI is InChI=1S/C22H25NO6/c1-15(24)18-10-11-19(20(12-18)27-4)28-14-21(25)29-16(2)22(26)23(3)13-17-8-6-5-7-9-17/h5-12,16H,13-14H2,1-4H3. The van der Waals surface area contributed by atoms with Crippen molar-refractivity contribution in [3.63, 3.8) is 0 Å². The molecule has 0 aliphatic rings. The number of benzene rings is 2. The van der Waals surface area contributed by atoms with Gasteiger partial charge in [-0.05, 0) is 37.6 Å². The van der Waals surface area contributed by atoms with Crippen molar-refractivity contribution < 1.29 is 28.6 Å². The molecule has 0 fully saturated rings. The number of ether oxygens (including phenoxy) is 3. The highest BCUT2D eigenvalue weighted by Crippen LogP contribution is 2.28. The lowest BCUT2D eigenvalue weighted by atomic mass is 10.1. The first-order valence-corrected chi connectivity index (χ1v) is 9.12. The molecule has 0 spiro atoms. The Morgan fingerprint density at radius 2 is 1.72 bits per heavy atom. The summed E-state index contributed by atoms with van der Waals surface area (Å²) in [5.74, 6) is -0.477. The van der Waals surface area contributed by atoms with E-state index in [2.05, 4.69) is 0 Å². The molecule has 154 valence electrons. The predicted molar refractivity (Wildman–Crippen MR) is 107 cm³/mol. The van der Waals surface area contributed by atoms with Crippen LogP contribution in [0, 0.1) is 0 Å². The Hall–Kier alpha value is -3.35. The normalized spacial score (nSPS) is 11.3. The molecule has 1 amide bonds. The van der Waals surface area contributed by atoms with E-state index in [1.54, 1.807) is 19.2 Å². The number of likely N-dealkylation sites (N-methyl/N-ethyl adjacent to an activating group) is 1. The van der Waals surface area contributed by atoms with Crippen LogP contribution in [0.5, 0.6) is 11.5 Å². The van der Waals surface area contributed by atoms with Crippen molar-refractivity contribution in [2.24, 2.45) is 0 Å². The summed E-state index contributed by atoms with van der Waals surface area (Å²) in [5, 5.41) is 0. The predicted octanol–water partition coefficient (Wildman–Crippen LogP) is 2.87. The summed E-state index contributed by atoms with van der Waals surface area (Å²) in [6.07, 6.45) is -0.943. The van der Waals surface area contributed by atoms with E-state index in [-0.39, 0.29) is 11.7 Å². The third-order valence-corrected chi connectivity index (χ3v) is 4.21. The lowest BCUT2D eigenvalue weighted by Gasteiger charge is -2.21. The summed E-state index contributed by atoms with van der Waals surface area (Å²) in [4.78, 5) is 37.4. The van der Waals surface area contributed by atoms with Gasteiger partial charge in [0.2, 0.25) is 0 Å². The third-order valence-electron chi connectivity index (χ3n) is 4.21. The van der Waals surface area contributed by atoms with Gasteiger partial charge in [0.25, 0.3) is 5.91 Å². The fourth-order valence-electron chi connectivity index (χ4n) is 2.67. The molecule has 0 bridgehead atoms. The molecule has 1 atom stereocenters. The number of carbonyl (C=O) groups is 3. The Balaban J connectivity index is 1.88. The van der Waals surface area contributed by atoms with E-state index in [0.717, 1.165) is 5.56 Å². The lowest BCUT2D eigenvalue weighted by Crippen LogP contribution is -2.37. The van der Waals surface area contributed by atoms with E-state index in [9.17, 15) is 14.4 Å². The Kier molecular flexibility index (Phi) is 7.77. The van der Waals surface area contributed by atoms with Gasteiger partial charge in [-0.2, -0.15) is 0 Å². The van der Waals surface area contributed by atoms with Crippen LogP contribution in [-0.4, -0.2) is 49.4 Å². The van der Waals surface area contributed by atoms with Gasteiger partial charge in [-0.3, -0.25) is 9.59 Å². The maximum atomic E-state index is 12.4. The van der Waals surface area contributed by atoms with Crippen LogP contribution < -0.4 is 9.47 Å². The second kappa shape index (κ2) is 10.3. The monoisotopic (exact) mass is 399 g/mol. The number of hydrogen-bond acceptors (Lipinski definition) is 6. The maximum absolute atomic E-state index is 12.4. The number of nitrogens with zero attached hydrogens (tertiary/aromatic N) is 1. The summed E-state index contributed by atoms with van der Waals surface area (Å²) in [7, 11) is 3.09. The highest BCUT2D eigenvalue weighted by atomic mass is 16.6. The molecule has 0 aromatic heterocycles. The van der Waals surface area contributed by atoms with Crippen molar-refractivity contribution in [1.82, 2.24) is 4.90 Å². The van der Waals surface area contributed by atoms with E-state index in [0.29, 0.717) is 23.6 Å². The fraction of sp³-hybridized carbons (Fsp3) is 0.318. The number of esters is 1. The minimum absolute atomic E-state index is 0.110. The number of ketones is 1. The first-order valence-electron chi connectivity index (χ1n) is 9.12. The highest BCUT2D eigenvalue weighted by molar-refractivity contribution is 5.94. The first kappa shape index (κ1) is 21.9. The smallest absolute Gasteiger partial charge is 0.344 e. The van der Waals surface area contributed by atoms with Gasteiger partial charge in [-0.15, -0.1) is 0 Å². The molecule has 2 rings (SSSR count). The minimum Gasteiger partial charge on any atom is -0.493 e. The quantitative estimate of drug-likeness (QED) is 0.476. The van der Waals surface area contributed by atoms with Crippen molar-refractivity contribution in [2.45, 2.75) is 26.5 Å². The molecule has 0 radical (unpaired) electrons. The molecule has 29 heavy (non-hydrogen) atoms. The SMILES string of the molecule is COc1cc(C(C)=O)ccc1OCC(=O)OC(C)C(=O)N(C)Cc1ccccc1. The zero-order valence-corrected chi connectivity index (χ0v) is 17.0. The van der Waals surface area contributed by atoms with Crippen LogP contribution in [0.4, 0.5) is 0 Å². The van der Waals surface area contributed by atoms with Gasteiger partial charge in [-0.25, -0.2) is 4.79 Å². The van der Waals surface area contributed by atoms with E-state index in [1.807, 2.05) is 30.3 Å². The van der Waals surface area contributed by atoms with Crippen LogP contribution in [0.2, 0.25) is 0 Å². The second-order valence-electron chi connectivity index (χ2n) is 6.52. The van der Waals surface area contributed by atoms with Crippen LogP contribution in [0.25, 0.3) is 0 Å². The van der Waals surface area contributed by atoms with Gasteiger partial charge in [0.15, 0.2) is 30.0 Å². The largest absolute Gasteiger partial charge is 0.493 e. The zero-order chi connectivity index (χ0) is 21.4. The average Bonchev–Trinajstić information content (AvgIpc) is 2.72. The molecular formula is C22H25NO6. The number of Topliss-reactive ketones (excluding diaryl/α,β-unsaturated/α-hetero) is 1. The van der Waals surface area contributed by atoms with Crippen molar-refractivity contribution in [3.8, 4) is 11.5 Å². The maximum Gasteiger partial charge on any atom is 0.344 e. The molecule has 0 aliphatic heterocycles. The molecule has 2 aromatic rings. The Morgan fingerprint density at radius 1 is 1.03 bits per heavy atom. The molecule has 0 heterocycles. The van der Waals surface area contributed by atoms with Gasteiger partial charge in [-0.1, -0.05) is 30.3 Å². The second-order valence-corrected chi connectivity index (χ2v) is 6.52. The van der Waals surface area contributed by atoms with Crippen molar-refractivity contribution in [2.75, 3.05) is 20.8 Å². The van der Waals surface area contributed by atoms with Crippen molar-refractivity contribution >= 4 is 17.7 Å². The zero-order valence-electron chi connectivity index (χ0n) is 17.0. The average molecular weight is 399 g/mol. The van der Waals surface area contributed by atoms with Crippen LogP contribution in [0.3, 0.4) is 0 Å². The molecule has 1 unspecified atom stereocenters. The van der Waals surface area contributed by atoms with Gasteiger partial charge in [0.1, 0.15) is 0 Å². The fourth-order valence-corrected chi connectivity index (χ4v) is 2.67. The molecule has 2 aromatic carbocycles. The Morgan fingerprint density at radius 3 is 2.34 bits per heavy atom.